The van der Waals surface area contributed by atoms with Gasteiger partial charge in [0.25, 0.3) is 0 Å². The molecule has 0 saturated carbocycles. The van der Waals surface area contributed by atoms with Gasteiger partial charge in [0.1, 0.15) is 0 Å². The Morgan fingerprint density at radius 2 is 0.902 bits per heavy atom. The Labute approximate surface area is 364 Å². The molecule has 0 fully saturated rings. The molecule has 2 unspecified atom stereocenters. The number of rotatable bonds is 8. The van der Waals surface area contributed by atoms with Crippen LogP contribution in [0.2, 0.25) is 0 Å². The summed E-state index contributed by atoms with van der Waals surface area (Å²) in [5.41, 5.74) is 13.4. The van der Waals surface area contributed by atoms with Crippen molar-refractivity contribution >= 4 is 40.6 Å². The summed E-state index contributed by atoms with van der Waals surface area (Å²) >= 11 is -6.77. The number of fused-ring (bicyclic) bond motifs is 6. The zero-order valence-electron chi connectivity index (χ0n) is 37.8. The number of aryl methyl sites for hydroxylation is 2. The van der Waals surface area contributed by atoms with Crippen LogP contribution in [0.5, 0.6) is 11.5 Å². The van der Waals surface area contributed by atoms with Gasteiger partial charge in [0, 0.05) is 0 Å². The first-order valence-corrected chi connectivity index (χ1v) is 34.6. The monoisotopic (exact) mass is 895 g/mol. The molecule has 4 heteroatoms. The molecule has 0 aromatic heterocycles. The molecule has 9 rings (SSSR count). The molecule has 0 amide bonds. The van der Waals surface area contributed by atoms with Gasteiger partial charge < -0.3 is 0 Å². The maximum absolute atomic E-state index is 9.03. The molecule has 2 aliphatic carbocycles. The Kier molecular flexibility index (Phi) is 9.63. The van der Waals surface area contributed by atoms with Gasteiger partial charge in [-0.3, -0.25) is 0 Å². The summed E-state index contributed by atoms with van der Waals surface area (Å²) in [6.07, 6.45) is 4.92. The van der Waals surface area contributed by atoms with Crippen LogP contribution in [0.4, 0.5) is 0 Å². The summed E-state index contributed by atoms with van der Waals surface area (Å²) < 4.78 is 18.3. The van der Waals surface area contributed by atoms with E-state index in [-0.39, 0.29) is 18.1 Å². The van der Waals surface area contributed by atoms with Crippen LogP contribution < -0.4 is 5.63 Å². The van der Waals surface area contributed by atoms with E-state index >= 15 is 0 Å². The standard InChI is InChI=1S/2C14H11.2C11H16O.C7H7.H2Si.Zr/c2*1-10-8-12-7-6-11-4-2-3-5-13(11)14(12)9-10;2*1-8-5-6-10(12)9(7-8)11(2,3)4;1-7-5-3-2-4-6-7;;/h2*2-9H,1H3;2*5-7,12H,1-4H3;2-6H,1H2;1H2;/q;;;;;;+2/p-2. The molecule has 0 bridgehead atoms. The van der Waals surface area contributed by atoms with Crippen molar-refractivity contribution in [2.24, 2.45) is 0 Å². The van der Waals surface area contributed by atoms with Crippen molar-refractivity contribution in [1.29, 1.82) is 0 Å². The topological polar surface area (TPSA) is 18.5 Å². The van der Waals surface area contributed by atoms with Crippen LogP contribution >= 0.6 is 0 Å². The average molecular weight is 897 g/mol. The fraction of sp³-hybridized carbons (Fsp3) is 0.263. The second kappa shape index (κ2) is 14.1. The van der Waals surface area contributed by atoms with Crippen molar-refractivity contribution in [3.8, 4) is 11.5 Å². The Morgan fingerprint density at radius 3 is 1.33 bits per heavy atom. The molecule has 7 aromatic rings. The van der Waals surface area contributed by atoms with E-state index in [1.807, 2.05) is 0 Å². The summed E-state index contributed by atoms with van der Waals surface area (Å²) in [7, 11) is 0. The molecule has 309 valence electrons. The van der Waals surface area contributed by atoms with Crippen LogP contribution in [0.1, 0.15) is 113 Å². The third-order valence-corrected chi connectivity index (χ3v) is 41.2. The zero-order chi connectivity index (χ0) is 43.2. The molecule has 0 heterocycles. The van der Waals surface area contributed by atoms with Gasteiger partial charge in [-0.1, -0.05) is 0 Å². The van der Waals surface area contributed by atoms with Crippen molar-refractivity contribution < 1.29 is 22.4 Å². The number of allylic oxidation sites excluding steroid dienone is 2. The summed E-state index contributed by atoms with van der Waals surface area (Å²) in [5, 5.41) is 4.99. The average Bonchev–Trinajstić information content (AvgIpc) is 3.77. The molecule has 2 nitrogen and oxygen atoms in total. The summed E-state index contributed by atoms with van der Waals surface area (Å²) in [5.74, 6) is 1.85. The van der Waals surface area contributed by atoms with Gasteiger partial charge in [-0.25, -0.2) is 0 Å². The van der Waals surface area contributed by atoms with Gasteiger partial charge in [-0.2, -0.15) is 0 Å². The third kappa shape index (κ3) is 6.58. The Morgan fingerprint density at radius 1 is 0.492 bits per heavy atom. The fourth-order valence-corrected chi connectivity index (χ4v) is 44.7. The number of benzene rings is 7. The van der Waals surface area contributed by atoms with Crippen molar-refractivity contribution in [2.45, 2.75) is 91.4 Å². The number of hydrogen-bond acceptors (Lipinski definition) is 2. The van der Waals surface area contributed by atoms with Crippen molar-refractivity contribution in [3.63, 3.8) is 0 Å². The summed E-state index contributed by atoms with van der Waals surface area (Å²) in [4.78, 5) is 0. The second-order valence-corrected chi connectivity index (χ2v) is 48.5. The van der Waals surface area contributed by atoms with Crippen LogP contribution in [0.15, 0.2) is 151 Å². The van der Waals surface area contributed by atoms with Crippen molar-refractivity contribution in [1.82, 2.24) is 0 Å². The molecule has 0 spiro atoms. The first-order valence-electron chi connectivity index (χ1n) is 22.1. The Hall–Kier alpha value is -4.76. The Balaban J connectivity index is 1.59. The minimum absolute atomic E-state index is 0.206. The minimum atomic E-state index is -6.77. The van der Waals surface area contributed by atoms with Gasteiger partial charge in [-0.15, -0.1) is 0 Å². The molecular formula is C57H61O2SiZr. The second-order valence-electron chi connectivity index (χ2n) is 21.0. The van der Waals surface area contributed by atoms with Gasteiger partial charge in [0.2, 0.25) is 0 Å². The molecule has 61 heavy (non-hydrogen) atoms. The molecule has 2 aliphatic rings. The normalized spacial score (nSPS) is 17.6. The van der Waals surface area contributed by atoms with E-state index in [0.717, 1.165) is 11.5 Å². The summed E-state index contributed by atoms with van der Waals surface area (Å²) in [6, 6.07) is 52.2. The van der Waals surface area contributed by atoms with Gasteiger partial charge in [0.05, 0.1) is 0 Å². The fourth-order valence-electron chi connectivity index (χ4n) is 11.9. The molecule has 0 aliphatic heterocycles. The van der Waals surface area contributed by atoms with Gasteiger partial charge in [0.15, 0.2) is 0 Å². The van der Waals surface area contributed by atoms with E-state index in [1.165, 1.54) is 82.8 Å². The van der Waals surface area contributed by atoms with E-state index in [2.05, 4.69) is 228 Å². The predicted octanol–water partition coefficient (Wildman–Crippen LogP) is 14.8. The van der Waals surface area contributed by atoms with Crippen molar-refractivity contribution in [3.05, 3.63) is 201 Å². The van der Waals surface area contributed by atoms with Crippen LogP contribution in [0, 0.1) is 13.8 Å². The van der Waals surface area contributed by atoms with Gasteiger partial charge in [-0.05, 0) is 0 Å². The molecule has 0 saturated heterocycles. The van der Waals surface area contributed by atoms with Crippen LogP contribution in [-0.2, 0) is 31.8 Å². The number of hydrogen-bond donors (Lipinski definition) is 0. The van der Waals surface area contributed by atoms with Crippen LogP contribution in [0.25, 0.3) is 33.7 Å². The first-order chi connectivity index (χ1) is 28.8. The maximum atomic E-state index is 9.03. The molecular weight excluding hydrogens is 836 g/mol. The van der Waals surface area contributed by atoms with E-state index in [1.54, 1.807) is 0 Å². The third-order valence-electron chi connectivity index (χ3n) is 14.1. The van der Waals surface area contributed by atoms with Crippen molar-refractivity contribution in [2.75, 3.05) is 0 Å². The molecule has 2 atom stereocenters. The van der Waals surface area contributed by atoms with Gasteiger partial charge >= 0.3 is 367 Å². The van der Waals surface area contributed by atoms with Crippen LogP contribution in [-0.4, -0.2) is 6.88 Å². The molecule has 0 radical (unpaired) electrons. The SMILES string of the molecule is CC1=Cc2ccc3ccccc3c2[CH]1[Zr](=[SiH2])([CH2]c1ccccc1)([O]c1ccc(C)cc1C(C)(C)C)([O]c1ccc(C)cc1C(C)(C)C)[CH]1C(C)=Cc2ccc3ccccc3c21. The molecule has 7 aromatic carbocycles. The van der Waals surface area contributed by atoms with E-state index < -0.39 is 16.8 Å². The van der Waals surface area contributed by atoms with E-state index in [9.17, 15) is 0 Å². The Bertz CT molecular complexity index is 2890. The quantitative estimate of drug-likeness (QED) is 0.142. The molecule has 0 N–H and O–H groups in total. The predicted molar refractivity (Wildman–Crippen MR) is 260 cm³/mol. The summed E-state index contributed by atoms with van der Waals surface area (Å²) in [6.45, 7) is 25.3. The first kappa shape index (κ1) is 41.6. The zero-order valence-corrected chi connectivity index (χ0v) is 41.7. The van der Waals surface area contributed by atoms with Crippen LogP contribution in [0.3, 0.4) is 0 Å². The van der Waals surface area contributed by atoms with E-state index in [0.29, 0.717) is 4.13 Å². The van der Waals surface area contributed by atoms with E-state index in [4.69, 9.17) is 5.63 Å².